The number of nitrogens with zero attached hydrogens (tertiary/aromatic N) is 3. The molecule has 2 aliphatic carbocycles. The first kappa shape index (κ1) is 43.8. The lowest BCUT2D eigenvalue weighted by Gasteiger charge is -2.45. The Kier molecular flexibility index (Phi) is 11.6. The molecule has 1 saturated heterocycles. The quantitative estimate of drug-likeness (QED) is 0.282. The van der Waals surface area contributed by atoms with Crippen molar-refractivity contribution in [2.75, 3.05) is 20.8 Å². The molecule has 0 radical (unpaired) electrons. The number of carbonyl (C=O) groups excluding carboxylic acids is 3. The molecule has 2 aromatic rings. The summed E-state index contributed by atoms with van der Waals surface area (Å²) in [6, 6.07) is 3.30. The Labute approximate surface area is 341 Å². The van der Waals surface area contributed by atoms with Gasteiger partial charge in [0.25, 0.3) is 5.91 Å². The monoisotopic (exact) mass is 851 g/mol. The third-order valence-corrected chi connectivity index (χ3v) is 14.6. The van der Waals surface area contributed by atoms with E-state index in [1.807, 2.05) is 6.92 Å². The highest BCUT2D eigenvalue weighted by molar-refractivity contribution is 7.91. The zero-order chi connectivity index (χ0) is 43.5. The fourth-order valence-corrected chi connectivity index (χ4v) is 9.56. The first-order valence-corrected chi connectivity index (χ1v) is 21.1. The Balaban J connectivity index is 1.44. The second-order valence-corrected chi connectivity index (χ2v) is 19.4. The van der Waals surface area contributed by atoms with Crippen LogP contribution in [0.3, 0.4) is 0 Å². The number of pyridine rings is 1. The Bertz CT molecular complexity index is 2140. The Morgan fingerprint density at radius 2 is 1.78 bits per heavy atom. The van der Waals surface area contributed by atoms with Crippen molar-refractivity contribution >= 4 is 44.6 Å². The number of hydrogen-bond acceptors (Lipinski definition) is 10. The highest BCUT2D eigenvalue weighted by Crippen LogP contribution is 2.48. The van der Waals surface area contributed by atoms with Gasteiger partial charge in [-0.1, -0.05) is 26.0 Å². The number of nitrogens with one attached hydrogen (secondary N) is 2. The van der Waals surface area contributed by atoms with Crippen molar-refractivity contribution in [3.05, 3.63) is 36.4 Å². The fraction of sp³-hybridized carbons (Fsp3) is 0.625. The van der Waals surface area contributed by atoms with Crippen LogP contribution in [0.4, 0.5) is 18.0 Å². The lowest BCUT2D eigenvalue weighted by atomic mass is 9.85. The van der Waals surface area contributed by atoms with Crippen LogP contribution in [-0.2, 0) is 24.4 Å². The van der Waals surface area contributed by atoms with Crippen LogP contribution < -0.4 is 24.2 Å². The minimum Gasteiger partial charge on any atom is -0.497 e. The maximum Gasteiger partial charge on any atom is 0.411 e. The van der Waals surface area contributed by atoms with Crippen molar-refractivity contribution in [2.45, 2.75) is 120 Å². The molecular formula is C40H52F3N5O10S. The standard InChI is InChI=1S/C40H52F3N5O10S/c1-22-10-8-9-11-25-20-39(25,35(51)46-59(54,55)38(5)14-15-38)45-32(49)29-19-27(58-33-28-13-12-26(56-6)17-24(28)18-30(44-33)57-7)21-47(29)34(50)31(23(2)16-22)48(36(52)53)37(3,4)40(41,42)43/h9,11-13,17-18,22-23,25,27,29,31H,8,10,14-16,19-21H2,1-7H3,(H,45,49)(H,46,51)(H,52,53)/b11-9-/t22-,23-,25-,27-,29+,31+,39-/m1/s1. The van der Waals surface area contributed by atoms with Gasteiger partial charge in [0, 0.05) is 23.8 Å². The van der Waals surface area contributed by atoms with E-state index in [0.29, 0.717) is 56.1 Å². The number of rotatable bonds is 9. The Morgan fingerprint density at radius 3 is 2.39 bits per heavy atom. The lowest BCUT2D eigenvalue weighted by Crippen LogP contribution is -2.66. The van der Waals surface area contributed by atoms with Crippen molar-refractivity contribution in [2.24, 2.45) is 17.8 Å². The van der Waals surface area contributed by atoms with Crippen molar-refractivity contribution in [1.29, 1.82) is 0 Å². The number of halogens is 3. The fourth-order valence-electron chi connectivity index (χ4n) is 8.24. The summed E-state index contributed by atoms with van der Waals surface area (Å²) < 4.78 is 88.8. The number of benzene rings is 1. The number of methoxy groups -OCH3 is 2. The number of allylic oxidation sites excluding steroid dienone is 1. The molecule has 7 atom stereocenters. The largest absolute Gasteiger partial charge is 0.497 e. The number of fused-ring (bicyclic) bond motifs is 3. The Morgan fingerprint density at radius 1 is 1.08 bits per heavy atom. The SMILES string of the molecule is COc1ccc2c(O[C@@H]3C[C@H]4C(=O)N[C@]5(C(=O)NS(=O)(=O)C6(C)CC6)C[C@H]5/C=C\CC[C@@H](C)C[C@@H](C)[C@H](N(C(=O)O)C(C)(C)C(F)(F)F)C(=O)N4C3)nc(OC)cc2c1. The molecule has 6 rings (SSSR count). The van der Waals surface area contributed by atoms with Crippen molar-refractivity contribution in [3.8, 4) is 17.5 Å². The molecule has 4 amide bonds. The average molecular weight is 852 g/mol. The van der Waals surface area contributed by atoms with E-state index in [0.717, 1.165) is 4.90 Å². The number of sulfonamides is 1. The summed E-state index contributed by atoms with van der Waals surface area (Å²) in [4.78, 5) is 62.1. The van der Waals surface area contributed by atoms with Crippen LogP contribution in [0.5, 0.6) is 17.5 Å². The number of alkyl halides is 3. The van der Waals surface area contributed by atoms with E-state index in [1.165, 1.54) is 28.1 Å². The molecule has 0 spiro atoms. The number of amides is 4. The first-order chi connectivity index (χ1) is 27.5. The van der Waals surface area contributed by atoms with Gasteiger partial charge in [-0.15, -0.1) is 0 Å². The maximum absolute atomic E-state index is 15.0. The summed E-state index contributed by atoms with van der Waals surface area (Å²) in [6.45, 7) is 5.86. The zero-order valence-electron chi connectivity index (χ0n) is 34.1. The van der Waals surface area contributed by atoms with Crippen LogP contribution in [0.25, 0.3) is 10.8 Å². The molecule has 1 aromatic carbocycles. The molecule has 324 valence electrons. The topological polar surface area (TPSA) is 194 Å². The first-order valence-electron chi connectivity index (χ1n) is 19.6. The van der Waals surface area contributed by atoms with Crippen molar-refractivity contribution in [1.82, 2.24) is 24.8 Å². The van der Waals surface area contributed by atoms with Gasteiger partial charge in [-0.25, -0.2) is 13.2 Å². The van der Waals surface area contributed by atoms with Gasteiger partial charge in [0.05, 0.1) is 25.5 Å². The number of aromatic nitrogens is 1. The summed E-state index contributed by atoms with van der Waals surface area (Å²) >= 11 is 0. The lowest BCUT2D eigenvalue weighted by molar-refractivity contribution is -0.222. The molecule has 2 saturated carbocycles. The second kappa shape index (κ2) is 15.7. The molecule has 3 N–H and O–H groups in total. The van der Waals surface area contributed by atoms with Gasteiger partial charge in [0.1, 0.15) is 35.0 Å². The van der Waals surface area contributed by atoms with Crippen LogP contribution in [0.15, 0.2) is 36.4 Å². The van der Waals surface area contributed by atoms with Gasteiger partial charge in [0.15, 0.2) is 0 Å². The number of carbonyl (C=O) groups is 4. The minimum atomic E-state index is -5.10. The van der Waals surface area contributed by atoms with Crippen LogP contribution in [0.1, 0.15) is 79.6 Å². The summed E-state index contributed by atoms with van der Waals surface area (Å²) in [6.07, 6.45) is -2.99. The van der Waals surface area contributed by atoms with E-state index in [2.05, 4.69) is 15.0 Å². The molecule has 59 heavy (non-hydrogen) atoms. The van der Waals surface area contributed by atoms with Gasteiger partial charge < -0.3 is 29.5 Å². The highest BCUT2D eigenvalue weighted by atomic mass is 32.2. The van der Waals surface area contributed by atoms with E-state index in [4.69, 9.17) is 14.2 Å². The second-order valence-electron chi connectivity index (χ2n) is 17.2. The molecule has 0 unspecified atom stereocenters. The number of carboxylic acid groups (broad SMARTS) is 1. The van der Waals surface area contributed by atoms with E-state index in [-0.39, 0.29) is 48.4 Å². The summed E-state index contributed by atoms with van der Waals surface area (Å²) in [5, 5.41) is 14.3. The van der Waals surface area contributed by atoms with E-state index < -0.39 is 85.9 Å². The maximum atomic E-state index is 15.0. The van der Waals surface area contributed by atoms with Crippen LogP contribution in [0.2, 0.25) is 0 Å². The highest BCUT2D eigenvalue weighted by Gasteiger charge is 2.64. The summed E-state index contributed by atoms with van der Waals surface area (Å²) in [7, 11) is -1.24. The molecule has 3 heterocycles. The van der Waals surface area contributed by atoms with Gasteiger partial charge in [0.2, 0.25) is 33.6 Å². The van der Waals surface area contributed by atoms with Gasteiger partial charge in [-0.05, 0) is 94.7 Å². The van der Waals surface area contributed by atoms with Crippen LogP contribution >= 0.6 is 0 Å². The summed E-state index contributed by atoms with van der Waals surface area (Å²) in [5.41, 5.74) is -4.78. The third kappa shape index (κ3) is 8.35. The molecule has 4 aliphatic rings. The third-order valence-electron chi connectivity index (χ3n) is 12.5. The molecule has 2 aliphatic heterocycles. The van der Waals surface area contributed by atoms with E-state index >= 15 is 4.79 Å². The van der Waals surface area contributed by atoms with E-state index in [1.54, 1.807) is 36.4 Å². The van der Waals surface area contributed by atoms with E-state index in [9.17, 15) is 41.1 Å². The molecule has 1 aromatic heterocycles. The minimum absolute atomic E-state index is 0.0405. The zero-order valence-corrected chi connectivity index (χ0v) is 34.9. The molecular weight excluding hydrogens is 800 g/mol. The van der Waals surface area contributed by atoms with Gasteiger partial charge >= 0.3 is 12.3 Å². The predicted octanol–water partition coefficient (Wildman–Crippen LogP) is 5.18. The predicted molar refractivity (Wildman–Crippen MR) is 208 cm³/mol. The van der Waals surface area contributed by atoms with Gasteiger partial charge in [-0.3, -0.25) is 24.0 Å². The van der Waals surface area contributed by atoms with Crippen LogP contribution in [0, 0.1) is 17.8 Å². The molecule has 0 bridgehead atoms. The number of hydrogen-bond donors (Lipinski definition) is 3. The smallest absolute Gasteiger partial charge is 0.411 e. The molecule has 19 heteroatoms. The normalized spacial score (nSPS) is 29.2. The van der Waals surface area contributed by atoms with Crippen molar-refractivity contribution < 1.29 is 60.1 Å². The average Bonchev–Trinajstić information content (AvgIpc) is 4.03. The van der Waals surface area contributed by atoms with Crippen molar-refractivity contribution in [3.63, 3.8) is 0 Å². The molecule has 15 nitrogen and oxygen atoms in total. The number of ether oxygens (including phenoxy) is 3. The molecule has 3 fully saturated rings. The Hall–Kier alpha value is -4.81. The van der Waals surface area contributed by atoms with Crippen LogP contribution in [-0.4, -0.2) is 113 Å². The van der Waals surface area contributed by atoms with Gasteiger partial charge in [-0.2, -0.15) is 18.2 Å². The summed E-state index contributed by atoms with van der Waals surface area (Å²) in [5.74, 6) is -3.96.